The van der Waals surface area contributed by atoms with Crippen molar-refractivity contribution in [3.63, 3.8) is 0 Å². The average Bonchev–Trinajstić information content (AvgIpc) is 2.57. The summed E-state index contributed by atoms with van der Waals surface area (Å²) in [6.45, 7) is 7.65. The van der Waals surface area contributed by atoms with Crippen molar-refractivity contribution in [2.45, 2.75) is 40.2 Å². The van der Waals surface area contributed by atoms with Crippen LogP contribution in [-0.2, 0) is 11.8 Å². The lowest BCUT2D eigenvalue weighted by atomic mass is 9.84. The van der Waals surface area contributed by atoms with Gasteiger partial charge in [-0.1, -0.05) is 20.8 Å². The molecule has 0 saturated heterocycles. The molecule has 0 aromatic carbocycles. The van der Waals surface area contributed by atoms with Gasteiger partial charge >= 0.3 is 5.97 Å². The average molecular weight is 266 g/mol. The highest BCUT2D eigenvalue weighted by molar-refractivity contribution is 5.93. The zero-order valence-electron chi connectivity index (χ0n) is 12.2. The molecule has 106 valence electrons. The van der Waals surface area contributed by atoms with Crippen LogP contribution in [-0.4, -0.2) is 27.6 Å². The number of carbonyl (C=O) groups excluding carboxylic acids is 1. The highest BCUT2D eigenvalue weighted by atomic mass is 16.4. The minimum absolute atomic E-state index is 0.0847. The van der Waals surface area contributed by atoms with E-state index in [9.17, 15) is 9.59 Å². The molecule has 0 aliphatic rings. The Morgan fingerprint density at radius 1 is 1.37 bits per heavy atom. The van der Waals surface area contributed by atoms with Crippen molar-refractivity contribution in [1.29, 1.82) is 0 Å². The van der Waals surface area contributed by atoms with Gasteiger partial charge in [-0.25, -0.2) is 0 Å². The summed E-state index contributed by atoms with van der Waals surface area (Å²) in [7, 11) is 1.81. The quantitative estimate of drug-likeness (QED) is 0.875. The summed E-state index contributed by atoms with van der Waals surface area (Å²) in [6.07, 6.45) is -0.0847. The number of aromatic nitrogens is 1. The van der Waals surface area contributed by atoms with Gasteiger partial charge in [0.2, 0.25) is 0 Å². The molecule has 1 aromatic rings. The predicted molar refractivity (Wildman–Crippen MR) is 73.1 cm³/mol. The van der Waals surface area contributed by atoms with E-state index in [1.807, 2.05) is 40.8 Å². The minimum atomic E-state index is -0.914. The Hall–Kier alpha value is -1.78. The summed E-state index contributed by atoms with van der Waals surface area (Å²) in [6, 6.07) is 3.19. The topological polar surface area (TPSA) is 71.3 Å². The molecule has 1 rings (SSSR count). The van der Waals surface area contributed by atoms with Crippen LogP contribution >= 0.6 is 0 Å². The zero-order valence-corrected chi connectivity index (χ0v) is 12.2. The maximum absolute atomic E-state index is 12.2. The van der Waals surface area contributed by atoms with Crippen molar-refractivity contribution in [3.8, 4) is 0 Å². The molecule has 0 spiro atoms. The number of hydrogen-bond acceptors (Lipinski definition) is 2. The summed E-state index contributed by atoms with van der Waals surface area (Å²) < 4.78 is 1.79. The molecule has 5 nitrogen and oxygen atoms in total. The number of carbonyl (C=O) groups is 2. The van der Waals surface area contributed by atoms with Crippen LogP contribution in [0.4, 0.5) is 0 Å². The first-order chi connectivity index (χ1) is 8.62. The third-order valence-electron chi connectivity index (χ3n) is 3.33. The van der Waals surface area contributed by atoms with Crippen LogP contribution in [0.1, 0.15) is 43.4 Å². The molecule has 2 N–H and O–H groups in total. The summed E-state index contributed by atoms with van der Waals surface area (Å²) in [5.74, 6) is -1.15. The first-order valence-corrected chi connectivity index (χ1v) is 6.28. The summed E-state index contributed by atoms with van der Waals surface area (Å²) in [5, 5.41) is 11.8. The van der Waals surface area contributed by atoms with Gasteiger partial charge in [0.1, 0.15) is 5.69 Å². The Bertz CT molecular complexity index is 483. The highest BCUT2D eigenvalue weighted by Gasteiger charge is 2.29. The van der Waals surface area contributed by atoms with Gasteiger partial charge in [-0.3, -0.25) is 9.59 Å². The van der Waals surface area contributed by atoms with Gasteiger partial charge in [0.15, 0.2) is 0 Å². The number of amides is 1. The fraction of sp³-hybridized carbons (Fsp3) is 0.571. The number of aryl methyl sites for hydroxylation is 1. The molecule has 0 saturated carbocycles. The lowest BCUT2D eigenvalue weighted by molar-refractivity contribution is -0.138. The third-order valence-corrected chi connectivity index (χ3v) is 3.33. The lowest BCUT2D eigenvalue weighted by Gasteiger charge is -2.30. The smallest absolute Gasteiger partial charge is 0.305 e. The molecular weight excluding hydrogens is 244 g/mol. The standard InChI is InChI=1S/C14H22N2O3/c1-9-6-7-10(16(9)5)13(19)15-11(8-12(17)18)14(2,3)4/h6-7,11H,8H2,1-5H3,(H,15,19)(H,17,18). The number of hydrogen-bond donors (Lipinski definition) is 2. The van der Waals surface area contributed by atoms with Crippen LogP contribution in [0.25, 0.3) is 0 Å². The van der Waals surface area contributed by atoms with Crippen molar-refractivity contribution < 1.29 is 14.7 Å². The van der Waals surface area contributed by atoms with Crippen molar-refractivity contribution in [1.82, 2.24) is 9.88 Å². The van der Waals surface area contributed by atoms with Crippen molar-refractivity contribution in [2.75, 3.05) is 0 Å². The molecule has 1 unspecified atom stereocenters. The van der Waals surface area contributed by atoms with Gasteiger partial charge in [-0.2, -0.15) is 0 Å². The Balaban J connectivity index is 2.88. The van der Waals surface area contributed by atoms with Crippen LogP contribution in [0.2, 0.25) is 0 Å². The number of nitrogens with zero attached hydrogens (tertiary/aromatic N) is 1. The number of aliphatic carboxylic acids is 1. The molecule has 0 fully saturated rings. The second-order valence-corrected chi connectivity index (χ2v) is 5.91. The first kappa shape index (κ1) is 15.3. The molecule has 0 aliphatic carbocycles. The highest BCUT2D eigenvalue weighted by Crippen LogP contribution is 2.22. The van der Waals surface area contributed by atoms with E-state index < -0.39 is 12.0 Å². The molecule has 19 heavy (non-hydrogen) atoms. The number of nitrogens with one attached hydrogen (secondary N) is 1. The fourth-order valence-electron chi connectivity index (χ4n) is 1.82. The molecule has 1 amide bonds. The van der Waals surface area contributed by atoms with Crippen LogP contribution in [0.5, 0.6) is 0 Å². The lowest BCUT2D eigenvalue weighted by Crippen LogP contribution is -2.45. The summed E-state index contributed by atoms with van der Waals surface area (Å²) in [4.78, 5) is 23.1. The zero-order chi connectivity index (χ0) is 14.8. The van der Waals surface area contributed by atoms with E-state index in [2.05, 4.69) is 5.32 Å². The van der Waals surface area contributed by atoms with Gasteiger partial charge in [0.05, 0.1) is 6.42 Å². The van der Waals surface area contributed by atoms with Crippen molar-refractivity contribution >= 4 is 11.9 Å². The van der Waals surface area contributed by atoms with Crippen LogP contribution in [0.3, 0.4) is 0 Å². The molecular formula is C14H22N2O3. The van der Waals surface area contributed by atoms with Gasteiger partial charge in [0.25, 0.3) is 5.91 Å². The van der Waals surface area contributed by atoms with E-state index in [1.54, 1.807) is 10.6 Å². The first-order valence-electron chi connectivity index (χ1n) is 6.28. The number of carboxylic acids is 1. The molecule has 1 aromatic heterocycles. The van der Waals surface area contributed by atoms with E-state index in [-0.39, 0.29) is 17.7 Å². The second kappa shape index (κ2) is 5.47. The van der Waals surface area contributed by atoms with Crippen LogP contribution in [0.15, 0.2) is 12.1 Å². The minimum Gasteiger partial charge on any atom is -0.481 e. The van der Waals surface area contributed by atoms with E-state index in [4.69, 9.17) is 5.11 Å². The third kappa shape index (κ3) is 3.84. The molecule has 1 heterocycles. The number of carboxylic acid groups (broad SMARTS) is 1. The molecule has 1 atom stereocenters. The van der Waals surface area contributed by atoms with Crippen LogP contribution < -0.4 is 5.32 Å². The van der Waals surface area contributed by atoms with Gasteiger partial charge in [0, 0.05) is 18.8 Å². The molecule has 0 aliphatic heterocycles. The Labute approximate surface area is 113 Å². The van der Waals surface area contributed by atoms with Crippen molar-refractivity contribution in [2.24, 2.45) is 12.5 Å². The Morgan fingerprint density at radius 3 is 2.32 bits per heavy atom. The van der Waals surface area contributed by atoms with Gasteiger partial charge < -0.3 is 15.0 Å². The normalized spacial score (nSPS) is 13.1. The maximum Gasteiger partial charge on any atom is 0.305 e. The molecule has 0 bridgehead atoms. The summed E-state index contributed by atoms with van der Waals surface area (Å²) in [5.41, 5.74) is 1.21. The van der Waals surface area contributed by atoms with Crippen molar-refractivity contribution in [3.05, 3.63) is 23.5 Å². The van der Waals surface area contributed by atoms with Crippen LogP contribution in [0, 0.1) is 12.3 Å². The predicted octanol–water partition coefficient (Wildman–Crippen LogP) is 1.95. The SMILES string of the molecule is Cc1ccc(C(=O)NC(CC(=O)O)C(C)(C)C)n1C. The van der Waals surface area contributed by atoms with E-state index in [0.29, 0.717) is 5.69 Å². The van der Waals surface area contributed by atoms with E-state index >= 15 is 0 Å². The molecule has 0 radical (unpaired) electrons. The Morgan fingerprint density at radius 2 is 1.95 bits per heavy atom. The maximum atomic E-state index is 12.2. The fourth-order valence-corrected chi connectivity index (χ4v) is 1.82. The summed E-state index contributed by atoms with van der Waals surface area (Å²) >= 11 is 0. The monoisotopic (exact) mass is 266 g/mol. The van der Waals surface area contributed by atoms with E-state index in [1.165, 1.54) is 0 Å². The second-order valence-electron chi connectivity index (χ2n) is 5.91. The van der Waals surface area contributed by atoms with Gasteiger partial charge in [-0.05, 0) is 24.5 Å². The Kier molecular flexibility index (Phi) is 4.39. The number of rotatable bonds is 4. The largest absolute Gasteiger partial charge is 0.481 e. The van der Waals surface area contributed by atoms with E-state index in [0.717, 1.165) is 5.69 Å². The molecule has 5 heteroatoms. The van der Waals surface area contributed by atoms with Gasteiger partial charge in [-0.15, -0.1) is 0 Å².